The first-order valence-corrected chi connectivity index (χ1v) is 8.48. The fraction of sp³-hybridized carbons (Fsp3) is 0.263. The zero-order chi connectivity index (χ0) is 18.8. The average molecular weight is 377 g/mol. The SMILES string of the molecule is COc1cc(Cl)c(C)cc1NC(=O)C1CC1C(=O)Nc1ccc(F)cc1. The van der Waals surface area contributed by atoms with E-state index >= 15 is 0 Å². The Bertz CT molecular complexity index is 855. The van der Waals surface area contributed by atoms with Crippen LogP contribution in [0.3, 0.4) is 0 Å². The summed E-state index contributed by atoms with van der Waals surface area (Å²) in [7, 11) is 1.49. The van der Waals surface area contributed by atoms with E-state index in [0.717, 1.165) is 5.56 Å². The Morgan fingerprint density at radius 3 is 2.35 bits per heavy atom. The number of carbonyl (C=O) groups is 2. The molecule has 2 unspecified atom stereocenters. The van der Waals surface area contributed by atoms with Crippen LogP contribution < -0.4 is 15.4 Å². The Hall–Kier alpha value is -2.60. The maximum atomic E-state index is 12.9. The van der Waals surface area contributed by atoms with Crippen molar-refractivity contribution in [1.29, 1.82) is 0 Å². The van der Waals surface area contributed by atoms with Gasteiger partial charge in [-0.15, -0.1) is 0 Å². The molecular formula is C19H18ClFN2O3. The molecule has 2 amide bonds. The van der Waals surface area contributed by atoms with Crippen LogP contribution in [0.2, 0.25) is 5.02 Å². The second kappa shape index (κ2) is 7.33. The van der Waals surface area contributed by atoms with Crippen LogP contribution in [0.15, 0.2) is 36.4 Å². The van der Waals surface area contributed by atoms with Crippen LogP contribution in [0, 0.1) is 24.6 Å². The van der Waals surface area contributed by atoms with Crippen molar-refractivity contribution in [3.05, 3.63) is 52.8 Å². The first-order chi connectivity index (χ1) is 12.4. The molecule has 0 saturated heterocycles. The monoisotopic (exact) mass is 376 g/mol. The van der Waals surface area contributed by atoms with Crippen LogP contribution >= 0.6 is 11.6 Å². The Labute approximate surface area is 155 Å². The lowest BCUT2D eigenvalue weighted by molar-refractivity contribution is -0.122. The molecule has 1 fully saturated rings. The van der Waals surface area contributed by atoms with Crippen LogP contribution in [0.5, 0.6) is 5.75 Å². The number of nitrogens with one attached hydrogen (secondary N) is 2. The normalized spacial score (nSPS) is 18.2. The molecule has 0 heterocycles. The van der Waals surface area contributed by atoms with Crippen molar-refractivity contribution in [2.75, 3.05) is 17.7 Å². The van der Waals surface area contributed by atoms with Gasteiger partial charge in [0.25, 0.3) is 0 Å². The molecule has 0 spiro atoms. The van der Waals surface area contributed by atoms with Gasteiger partial charge >= 0.3 is 0 Å². The van der Waals surface area contributed by atoms with Crippen LogP contribution in [0.25, 0.3) is 0 Å². The highest BCUT2D eigenvalue weighted by atomic mass is 35.5. The molecule has 3 rings (SSSR count). The third-order valence-electron chi connectivity index (χ3n) is 4.31. The van der Waals surface area contributed by atoms with Gasteiger partial charge in [0, 0.05) is 16.8 Å². The second-order valence-corrected chi connectivity index (χ2v) is 6.64. The number of anilines is 2. The summed E-state index contributed by atoms with van der Waals surface area (Å²) < 4.78 is 18.1. The lowest BCUT2D eigenvalue weighted by Crippen LogP contribution is -2.20. The molecule has 2 aromatic rings. The summed E-state index contributed by atoms with van der Waals surface area (Å²) in [6.45, 7) is 1.83. The molecule has 136 valence electrons. The predicted molar refractivity (Wildman–Crippen MR) is 98.0 cm³/mol. The molecule has 2 N–H and O–H groups in total. The van der Waals surface area contributed by atoms with Gasteiger partial charge in [-0.25, -0.2) is 4.39 Å². The minimum Gasteiger partial charge on any atom is -0.495 e. The van der Waals surface area contributed by atoms with Crippen molar-refractivity contribution in [2.45, 2.75) is 13.3 Å². The Balaban J connectivity index is 1.61. The summed E-state index contributed by atoms with van der Waals surface area (Å²) in [5.74, 6) is -1.23. The van der Waals surface area contributed by atoms with Gasteiger partial charge in [0.1, 0.15) is 11.6 Å². The number of halogens is 2. The van der Waals surface area contributed by atoms with Crippen LogP contribution in [0.4, 0.5) is 15.8 Å². The molecular weight excluding hydrogens is 359 g/mol. The van der Waals surface area contributed by atoms with Crippen molar-refractivity contribution in [1.82, 2.24) is 0 Å². The minimum absolute atomic E-state index is 0.246. The van der Waals surface area contributed by atoms with E-state index in [9.17, 15) is 14.0 Å². The maximum Gasteiger partial charge on any atom is 0.228 e. The van der Waals surface area contributed by atoms with Crippen LogP contribution in [-0.2, 0) is 9.59 Å². The molecule has 1 saturated carbocycles. The van der Waals surface area contributed by atoms with E-state index in [1.165, 1.54) is 31.4 Å². The van der Waals surface area contributed by atoms with Gasteiger partial charge in [0.05, 0.1) is 24.6 Å². The molecule has 0 radical (unpaired) electrons. The van der Waals surface area contributed by atoms with Crippen molar-refractivity contribution in [3.8, 4) is 5.75 Å². The van der Waals surface area contributed by atoms with Gasteiger partial charge in [-0.1, -0.05) is 11.6 Å². The van der Waals surface area contributed by atoms with E-state index in [1.54, 1.807) is 12.1 Å². The smallest absolute Gasteiger partial charge is 0.228 e. The molecule has 2 atom stereocenters. The fourth-order valence-electron chi connectivity index (χ4n) is 2.70. The zero-order valence-electron chi connectivity index (χ0n) is 14.3. The molecule has 26 heavy (non-hydrogen) atoms. The van der Waals surface area contributed by atoms with Crippen molar-refractivity contribution in [3.63, 3.8) is 0 Å². The highest BCUT2D eigenvalue weighted by molar-refractivity contribution is 6.31. The number of rotatable bonds is 5. The van der Waals surface area contributed by atoms with E-state index in [0.29, 0.717) is 28.6 Å². The molecule has 1 aliphatic carbocycles. The summed E-state index contributed by atoms with van der Waals surface area (Å²) >= 11 is 6.06. The van der Waals surface area contributed by atoms with E-state index in [4.69, 9.17) is 16.3 Å². The molecule has 0 aliphatic heterocycles. The summed E-state index contributed by atoms with van der Waals surface area (Å²) in [6.07, 6.45) is 0.466. The van der Waals surface area contributed by atoms with Gasteiger partial charge < -0.3 is 15.4 Å². The van der Waals surface area contributed by atoms with Crippen molar-refractivity contribution < 1.29 is 18.7 Å². The standard InChI is InChI=1S/C19H18ClFN2O3/c1-10-7-16(17(26-2)9-15(10)20)23-19(25)14-8-13(14)18(24)22-12-5-3-11(21)4-6-12/h3-7,9,13-14H,8H2,1-2H3,(H,22,24)(H,23,25). The van der Waals surface area contributed by atoms with Gasteiger partial charge in [-0.2, -0.15) is 0 Å². The quantitative estimate of drug-likeness (QED) is 0.828. The number of benzene rings is 2. The molecule has 5 nitrogen and oxygen atoms in total. The number of carbonyl (C=O) groups excluding carboxylic acids is 2. The third-order valence-corrected chi connectivity index (χ3v) is 4.72. The third kappa shape index (κ3) is 3.96. The zero-order valence-corrected chi connectivity index (χ0v) is 15.1. The van der Waals surface area contributed by atoms with Crippen LogP contribution in [0.1, 0.15) is 12.0 Å². The lowest BCUT2D eigenvalue weighted by atomic mass is 10.2. The van der Waals surface area contributed by atoms with Gasteiger partial charge in [-0.05, 0) is 49.2 Å². The maximum absolute atomic E-state index is 12.9. The Kier molecular flexibility index (Phi) is 5.13. The Morgan fingerprint density at radius 1 is 1.12 bits per heavy atom. The van der Waals surface area contributed by atoms with E-state index in [-0.39, 0.29) is 17.6 Å². The average Bonchev–Trinajstić information content (AvgIpc) is 3.41. The lowest BCUT2D eigenvalue weighted by Gasteiger charge is -2.12. The Morgan fingerprint density at radius 2 is 1.73 bits per heavy atom. The predicted octanol–water partition coefficient (Wildman–Crippen LogP) is 4.01. The number of methoxy groups -OCH3 is 1. The number of ether oxygens (including phenoxy) is 1. The minimum atomic E-state index is -0.406. The summed E-state index contributed by atoms with van der Waals surface area (Å²) in [5.41, 5.74) is 1.82. The fourth-order valence-corrected chi connectivity index (χ4v) is 2.85. The highest BCUT2D eigenvalue weighted by Crippen LogP contribution is 2.41. The number of amides is 2. The second-order valence-electron chi connectivity index (χ2n) is 6.24. The first kappa shape index (κ1) is 18.2. The number of aryl methyl sites for hydroxylation is 1. The molecule has 0 bridgehead atoms. The molecule has 2 aromatic carbocycles. The number of hydrogen-bond acceptors (Lipinski definition) is 3. The molecule has 1 aliphatic rings. The van der Waals surface area contributed by atoms with Crippen molar-refractivity contribution in [2.24, 2.45) is 11.8 Å². The summed E-state index contributed by atoms with van der Waals surface area (Å²) in [6, 6.07) is 8.86. The summed E-state index contributed by atoms with van der Waals surface area (Å²) in [4.78, 5) is 24.6. The molecule has 7 heteroatoms. The first-order valence-electron chi connectivity index (χ1n) is 8.10. The summed E-state index contributed by atoms with van der Waals surface area (Å²) in [5, 5.41) is 6.03. The molecule has 0 aromatic heterocycles. The van der Waals surface area contributed by atoms with Gasteiger partial charge in [-0.3, -0.25) is 9.59 Å². The number of hydrogen-bond donors (Lipinski definition) is 2. The van der Waals surface area contributed by atoms with Gasteiger partial charge in [0.2, 0.25) is 11.8 Å². The van der Waals surface area contributed by atoms with E-state index in [1.807, 2.05) is 6.92 Å². The van der Waals surface area contributed by atoms with E-state index < -0.39 is 11.8 Å². The topological polar surface area (TPSA) is 67.4 Å². The van der Waals surface area contributed by atoms with Crippen molar-refractivity contribution >= 4 is 34.8 Å². The highest BCUT2D eigenvalue weighted by Gasteiger charge is 2.48. The van der Waals surface area contributed by atoms with Crippen LogP contribution in [-0.4, -0.2) is 18.9 Å². The largest absolute Gasteiger partial charge is 0.495 e. The van der Waals surface area contributed by atoms with E-state index in [2.05, 4.69) is 10.6 Å². The van der Waals surface area contributed by atoms with Gasteiger partial charge in [0.15, 0.2) is 0 Å².